The van der Waals surface area contributed by atoms with Gasteiger partial charge in [0.15, 0.2) is 0 Å². The average molecular weight is 299 g/mol. The fourth-order valence-corrected chi connectivity index (χ4v) is 2.47. The molecule has 3 N–H and O–H groups in total. The molecule has 1 unspecified atom stereocenters. The van der Waals surface area contributed by atoms with Gasteiger partial charge in [0.25, 0.3) is 0 Å². The molecule has 0 radical (unpaired) electrons. The predicted octanol–water partition coefficient (Wildman–Crippen LogP) is 2.31. The molecule has 0 fully saturated rings. The number of carbonyl (C=O) groups is 2. The maximum atomic E-state index is 11.9. The summed E-state index contributed by atoms with van der Waals surface area (Å²) in [5.74, 6) is -1.15. The van der Waals surface area contributed by atoms with E-state index in [9.17, 15) is 9.59 Å². The van der Waals surface area contributed by atoms with E-state index < -0.39 is 18.0 Å². The van der Waals surface area contributed by atoms with Gasteiger partial charge in [0.2, 0.25) is 0 Å². The molecule has 0 aromatic carbocycles. The third kappa shape index (κ3) is 4.48. The summed E-state index contributed by atoms with van der Waals surface area (Å²) in [7, 11) is 0. The summed E-state index contributed by atoms with van der Waals surface area (Å²) in [4.78, 5) is 28.3. The lowest BCUT2D eigenvalue weighted by Gasteiger charge is -2.21. The van der Waals surface area contributed by atoms with Crippen molar-refractivity contribution >= 4 is 23.3 Å². The van der Waals surface area contributed by atoms with Crippen molar-refractivity contribution in [3.05, 3.63) is 16.1 Å². The third-order valence-electron chi connectivity index (χ3n) is 3.12. The minimum atomic E-state index is -1.02. The maximum absolute atomic E-state index is 11.9. The van der Waals surface area contributed by atoms with Crippen molar-refractivity contribution in [1.29, 1.82) is 0 Å². The van der Waals surface area contributed by atoms with E-state index in [0.29, 0.717) is 6.42 Å². The van der Waals surface area contributed by atoms with Crippen LogP contribution in [0.2, 0.25) is 0 Å². The Labute approximate surface area is 122 Å². The zero-order chi connectivity index (χ0) is 15.3. The summed E-state index contributed by atoms with van der Waals surface area (Å²) >= 11 is 1.50. The molecule has 1 heterocycles. The number of carbonyl (C=O) groups excluding carboxylic acids is 1. The lowest BCUT2D eigenvalue weighted by Crippen LogP contribution is -2.49. The number of carboxylic acids is 1. The second kappa shape index (κ2) is 7.23. The van der Waals surface area contributed by atoms with Crippen LogP contribution in [0.3, 0.4) is 0 Å². The number of aryl methyl sites for hydroxylation is 1. The molecule has 2 amide bonds. The van der Waals surface area contributed by atoms with Gasteiger partial charge in [-0.2, -0.15) is 0 Å². The van der Waals surface area contributed by atoms with Gasteiger partial charge in [-0.25, -0.2) is 14.6 Å². The Hall–Kier alpha value is -1.63. The van der Waals surface area contributed by atoms with Gasteiger partial charge in [0, 0.05) is 11.1 Å². The number of hydrogen-bond donors (Lipinski definition) is 3. The largest absolute Gasteiger partial charge is 0.480 e. The van der Waals surface area contributed by atoms with E-state index >= 15 is 0 Å². The highest BCUT2D eigenvalue weighted by molar-refractivity contribution is 7.11. The molecule has 0 aliphatic carbocycles. The Kier molecular flexibility index (Phi) is 5.94. The van der Waals surface area contributed by atoms with Gasteiger partial charge in [-0.3, -0.25) is 0 Å². The second-order valence-electron chi connectivity index (χ2n) is 4.85. The average Bonchev–Trinajstić information content (AvgIpc) is 2.81. The van der Waals surface area contributed by atoms with Gasteiger partial charge >= 0.3 is 12.0 Å². The molecule has 7 heteroatoms. The van der Waals surface area contributed by atoms with E-state index in [0.717, 1.165) is 9.88 Å². The predicted molar refractivity (Wildman–Crippen MR) is 77.8 cm³/mol. The zero-order valence-corrected chi connectivity index (χ0v) is 13.0. The summed E-state index contributed by atoms with van der Waals surface area (Å²) < 4.78 is 0. The standard InChI is InChI=1S/C13H21N3O3S/c1-5-7(2)10(12(17)18)16-13(19)15-9(4)11-14-6-8(3)20-11/h6-7,9-10H,5H2,1-4H3,(H,17,18)(H2,15,16,19)/t7-,9?,10-/m0/s1. The van der Waals surface area contributed by atoms with Crippen molar-refractivity contribution in [2.75, 3.05) is 0 Å². The molecule has 20 heavy (non-hydrogen) atoms. The Morgan fingerprint density at radius 1 is 1.40 bits per heavy atom. The molecule has 0 saturated carbocycles. The van der Waals surface area contributed by atoms with Crippen LogP contribution in [0.1, 0.15) is 43.1 Å². The molecule has 6 nitrogen and oxygen atoms in total. The summed E-state index contributed by atoms with van der Waals surface area (Å²) in [5, 5.41) is 15.1. The number of nitrogens with one attached hydrogen (secondary N) is 2. The highest BCUT2D eigenvalue weighted by Gasteiger charge is 2.26. The van der Waals surface area contributed by atoms with Crippen LogP contribution in [0, 0.1) is 12.8 Å². The normalized spacial score (nSPS) is 15.2. The van der Waals surface area contributed by atoms with Crippen LogP contribution in [0.25, 0.3) is 0 Å². The van der Waals surface area contributed by atoms with Crippen LogP contribution in [-0.4, -0.2) is 28.1 Å². The number of hydrogen-bond acceptors (Lipinski definition) is 4. The number of thiazole rings is 1. The Morgan fingerprint density at radius 3 is 2.50 bits per heavy atom. The van der Waals surface area contributed by atoms with Crippen LogP contribution >= 0.6 is 11.3 Å². The fraction of sp³-hybridized carbons (Fsp3) is 0.615. The SMILES string of the molecule is CC[C@H](C)[C@H](NC(=O)NC(C)c1ncc(C)s1)C(=O)O. The minimum Gasteiger partial charge on any atom is -0.480 e. The molecule has 1 aromatic heterocycles. The van der Waals surface area contributed by atoms with Crippen LogP contribution < -0.4 is 10.6 Å². The Bertz CT molecular complexity index is 475. The number of rotatable bonds is 6. The monoisotopic (exact) mass is 299 g/mol. The number of amides is 2. The topological polar surface area (TPSA) is 91.3 Å². The summed E-state index contributed by atoms with van der Waals surface area (Å²) in [5.41, 5.74) is 0. The number of urea groups is 1. The number of aliphatic carboxylic acids is 1. The second-order valence-corrected chi connectivity index (χ2v) is 6.12. The molecule has 0 saturated heterocycles. The first kappa shape index (κ1) is 16.4. The van der Waals surface area contributed by atoms with Gasteiger partial charge < -0.3 is 15.7 Å². The van der Waals surface area contributed by atoms with Gasteiger partial charge in [-0.05, 0) is 19.8 Å². The van der Waals surface area contributed by atoms with Crippen molar-refractivity contribution in [3.63, 3.8) is 0 Å². The highest BCUT2D eigenvalue weighted by Crippen LogP contribution is 2.18. The molecular formula is C13H21N3O3S. The van der Waals surface area contributed by atoms with Gasteiger partial charge in [-0.15, -0.1) is 11.3 Å². The molecule has 0 aliphatic heterocycles. The molecule has 0 bridgehead atoms. The lowest BCUT2D eigenvalue weighted by atomic mass is 9.99. The molecule has 3 atom stereocenters. The Balaban J connectivity index is 2.59. The molecule has 0 aliphatic rings. The maximum Gasteiger partial charge on any atom is 0.326 e. The van der Waals surface area contributed by atoms with E-state index in [4.69, 9.17) is 5.11 Å². The van der Waals surface area contributed by atoms with Crippen molar-refractivity contribution in [1.82, 2.24) is 15.6 Å². The van der Waals surface area contributed by atoms with E-state index in [-0.39, 0.29) is 12.0 Å². The van der Waals surface area contributed by atoms with Crippen LogP contribution in [-0.2, 0) is 4.79 Å². The lowest BCUT2D eigenvalue weighted by molar-refractivity contribution is -0.140. The molecule has 1 rings (SSSR count). The molecule has 112 valence electrons. The van der Waals surface area contributed by atoms with E-state index in [1.54, 1.807) is 13.1 Å². The zero-order valence-electron chi connectivity index (χ0n) is 12.1. The first-order chi connectivity index (χ1) is 9.35. The summed E-state index contributed by atoms with van der Waals surface area (Å²) in [6.45, 7) is 7.45. The van der Waals surface area contributed by atoms with Gasteiger partial charge in [0.05, 0.1) is 6.04 Å². The first-order valence-electron chi connectivity index (χ1n) is 6.57. The fourth-order valence-electron chi connectivity index (χ4n) is 1.70. The number of carboxylic acid groups (broad SMARTS) is 1. The summed E-state index contributed by atoms with van der Waals surface area (Å²) in [6, 6.07) is -1.62. The minimum absolute atomic E-state index is 0.129. The quantitative estimate of drug-likeness (QED) is 0.751. The van der Waals surface area contributed by atoms with E-state index in [1.807, 2.05) is 20.8 Å². The third-order valence-corrected chi connectivity index (χ3v) is 4.22. The van der Waals surface area contributed by atoms with E-state index in [2.05, 4.69) is 15.6 Å². The van der Waals surface area contributed by atoms with Crippen molar-refractivity contribution in [2.24, 2.45) is 5.92 Å². The first-order valence-corrected chi connectivity index (χ1v) is 7.39. The van der Waals surface area contributed by atoms with Gasteiger partial charge in [-0.1, -0.05) is 20.3 Å². The molecule has 0 spiro atoms. The summed E-state index contributed by atoms with van der Waals surface area (Å²) in [6.07, 6.45) is 2.42. The number of nitrogens with zero attached hydrogens (tertiary/aromatic N) is 1. The van der Waals surface area contributed by atoms with Gasteiger partial charge in [0.1, 0.15) is 11.0 Å². The van der Waals surface area contributed by atoms with Crippen LogP contribution in [0.4, 0.5) is 4.79 Å². The highest BCUT2D eigenvalue weighted by atomic mass is 32.1. The van der Waals surface area contributed by atoms with Crippen molar-refractivity contribution < 1.29 is 14.7 Å². The Morgan fingerprint density at radius 2 is 2.05 bits per heavy atom. The van der Waals surface area contributed by atoms with E-state index in [1.165, 1.54) is 11.3 Å². The van der Waals surface area contributed by atoms with Crippen molar-refractivity contribution in [2.45, 2.75) is 46.2 Å². The molecular weight excluding hydrogens is 278 g/mol. The molecule has 1 aromatic rings. The van der Waals surface area contributed by atoms with Crippen molar-refractivity contribution in [3.8, 4) is 0 Å². The van der Waals surface area contributed by atoms with Crippen LogP contribution in [0.5, 0.6) is 0 Å². The van der Waals surface area contributed by atoms with Crippen LogP contribution in [0.15, 0.2) is 6.20 Å². The smallest absolute Gasteiger partial charge is 0.326 e. The number of aromatic nitrogens is 1.